The van der Waals surface area contributed by atoms with E-state index >= 15 is 0 Å². The smallest absolute Gasteiger partial charge is 0.137 e. The number of anilines is 7. The number of hydrogen-bond acceptors (Lipinski definition) is 5. The van der Waals surface area contributed by atoms with E-state index in [0.29, 0.717) is 6.67 Å². The minimum atomic E-state index is -0.0355. The third-order valence-electron chi connectivity index (χ3n) is 11.4. The van der Waals surface area contributed by atoms with E-state index < -0.39 is 0 Å². The molecule has 57 heavy (non-hydrogen) atoms. The Morgan fingerprint density at radius 2 is 1.07 bits per heavy atom. The Bertz CT molecular complexity index is 2640. The molecule has 0 saturated carbocycles. The zero-order chi connectivity index (χ0) is 39.6. The fourth-order valence-corrected chi connectivity index (χ4v) is 8.51. The lowest BCUT2D eigenvalue weighted by Gasteiger charge is -2.28. The van der Waals surface area contributed by atoms with E-state index in [9.17, 15) is 0 Å². The van der Waals surface area contributed by atoms with Crippen LogP contribution in [0.5, 0.6) is 11.5 Å². The van der Waals surface area contributed by atoms with Gasteiger partial charge in [-0.3, -0.25) is 4.90 Å². The quantitative estimate of drug-likeness (QED) is 0.175. The van der Waals surface area contributed by atoms with Crippen LogP contribution in [0.3, 0.4) is 0 Å². The summed E-state index contributed by atoms with van der Waals surface area (Å²) in [6.07, 6.45) is 1.93. The van der Waals surface area contributed by atoms with Crippen LogP contribution in [0.1, 0.15) is 63.8 Å². The van der Waals surface area contributed by atoms with Gasteiger partial charge in [0.25, 0.3) is 0 Å². The summed E-state index contributed by atoms with van der Waals surface area (Å²) in [6, 6.07) is 50.0. The van der Waals surface area contributed by atoms with Crippen LogP contribution in [0.15, 0.2) is 146 Å². The van der Waals surface area contributed by atoms with E-state index in [0.717, 1.165) is 45.5 Å². The molecule has 0 atom stereocenters. The molecule has 0 unspecified atom stereocenters. The summed E-state index contributed by atoms with van der Waals surface area (Å²) in [5.74, 6) is 2.41. The highest BCUT2D eigenvalue weighted by molar-refractivity contribution is 6.02. The lowest BCUT2D eigenvalue weighted by Crippen LogP contribution is -2.25. The highest BCUT2D eigenvalue weighted by Crippen LogP contribution is 2.52. The molecule has 2 aliphatic heterocycles. The van der Waals surface area contributed by atoms with Crippen molar-refractivity contribution in [1.82, 2.24) is 4.98 Å². The number of pyridine rings is 1. The van der Waals surface area contributed by atoms with Crippen LogP contribution in [-0.4, -0.2) is 11.7 Å². The molecule has 6 aromatic carbocycles. The number of ether oxygens (including phenoxy) is 1. The molecule has 0 saturated heterocycles. The number of para-hydroxylation sites is 3. The van der Waals surface area contributed by atoms with Gasteiger partial charge in [0.2, 0.25) is 0 Å². The van der Waals surface area contributed by atoms with E-state index in [2.05, 4.69) is 204 Å². The summed E-state index contributed by atoms with van der Waals surface area (Å²) in [5.41, 5.74) is 16.7. The second kappa shape index (κ2) is 13.7. The molecule has 0 radical (unpaired) electrons. The fourth-order valence-electron chi connectivity index (χ4n) is 8.51. The molecule has 1 aromatic heterocycles. The minimum absolute atomic E-state index is 0.0355. The standard InChI is InChI=1S/C52H50N4O/c1-34-28-37(52(6,7)8)29-35(2)50(34)55-33-54(46-22-13-14-23-47(46)55)38-16-15-17-39(31-38)57-40-24-25-44-42-19-10-9-18-41(42)43-20-11-12-21-45(43)56(48(44)32-40)49-30-36(26-27-53-49)51(3,4)5/h9-32H,33H2,1-8H3. The van der Waals surface area contributed by atoms with Crippen molar-refractivity contribution in [1.29, 1.82) is 0 Å². The van der Waals surface area contributed by atoms with Crippen LogP contribution in [0.25, 0.3) is 22.3 Å². The fraction of sp³-hybridized carbons (Fsp3) is 0.212. The lowest BCUT2D eigenvalue weighted by atomic mass is 9.84. The second-order valence-electron chi connectivity index (χ2n) is 17.5. The van der Waals surface area contributed by atoms with Crippen LogP contribution >= 0.6 is 0 Å². The summed E-state index contributed by atoms with van der Waals surface area (Å²) in [6.45, 7) is 18.8. The first-order valence-corrected chi connectivity index (χ1v) is 20.0. The molecule has 0 spiro atoms. The van der Waals surface area contributed by atoms with Crippen LogP contribution in [0.4, 0.5) is 39.9 Å². The maximum Gasteiger partial charge on any atom is 0.137 e. The van der Waals surface area contributed by atoms with Crippen LogP contribution in [0.2, 0.25) is 0 Å². The van der Waals surface area contributed by atoms with Crippen molar-refractivity contribution in [3.63, 3.8) is 0 Å². The van der Waals surface area contributed by atoms with Gasteiger partial charge in [0.05, 0.1) is 22.7 Å². The third-order valence-corrected chi connectivity index (χ3v) is 11.4. The SMILES string of the molecule is Cc1cc(C(C)(C)C)cc(C)c1N1CN(c2cccc(Oc3ccc4c(c3)N(c3cc(C(C)(C)C)ccn3)c3ccccc3-c3ccccc3-4)c2)c2ccccc21. The minimum Gasteiger partial charge on any atom is -0.457 e. The van der Waals surface area contributed by atoms with Gasteiger partial charge in [-0.2, -0.15) is 0 Å². The van der Waals surface area contributed by atoms with Crippen molar-refractivity contribution in [2.24, 2.45) is 0 Å². The maximum absolute atomic E-state index is 6.82. The normalized spacial score (nSPS) is 13.4. The highest BCUT2D eigenvalue weighted by Gasteiger charge is 2.31. The van der Waals surface area contributed by atoms with E-state index in [1.54, 1.807) is 0 Å². The Morgan fingerprint density at radius 3 is 1.74 bits per heavy atom. The number of fused-ring (bicyclic) bond motifs is 6. The van der Waals surface area contributed by atoms with E-state index in [-0.39, 0.29) is 10.8 Å². The Morgan fingerprint density at radius 1 is 0.491 bits per heavy atom. The highest BCUT2D eigenvalue weighted by atomic mass is 16.5. The molecule has 2 aliphatic rings. The number of rotatable bonds is 5. The summed E-state index contributed by atoms with van der Waals surface area (Å²) in [7, 11) is 0. The van der Waals surface area contributed by atoms with Crippen molar-refractivity contribution in [3.8, 4) is 33.8 Å². The lowest BCUT2D eigenvalue weighted by molar-refractivity contribution is 0.483. The molecule has 0 fully saturated rings. The monoisotopic (exact) mass is 746 g/mol. The van der Waals surface area contributed by atoms with Gasteiger partial charge in [0.15, 0.2) is 0 Å². The largest absolute Gasteiger partial charge is 0.457 e. The van der Waals surface area contributed by atoms with Gasteiger partial charge in [0, 0.05) is 40.8 Å². The van der Waals surface area contributed by atoms with Gasteiger partial charge < -0.3 is 14.5 Å². The summed E-state index contributed by atoms with van der Waals surface area (Å²) in [4.78, 5) is 12.1. The van der Waals surface area contributed by atoms with E-state index in [1.807, 2.05) is 12.3 Å². The zero-order valence-corrected chi connectivity index (χ0v) is 34.3. The van der Waals surface area contributed by atoms with E-state index in [1.165, 1.54) is 50.4 Å². The molecule has 284 valence electrons. The summed E-state index contributed by atoms with van der Waals surface area (Å²) >= 11 is 0. The predicted octanol–water partition coefficient (Wildman–Crippen LogP) is 14.5. The molecule has 3 heterocycles. The molecule has 0 amide bonds. The first kappa shape index (κ1) is 36.3. The third kappa shape index (κ3) is 6.51. The molecular weight excluding hydrogens is 697 g/mol. The van der Waals surface area contributed by atoms with Crippen molar-refractivity contribution < 1.29 is 4.74 Å². The maximum atomic E-state index is 6.82. The first-order chi connectivity index (χ1) is 27.3. The Kier molecular flexibility index (Phi) is 8.73. The van der Waals surface area contributed by atoms with Gasteiger partial charge in [0.1, 0.15) is 24.0 Å². The van der Waals surface area contributed by atoms with E-state index in [4.69, 9.17) is 9.72 Å². The average molecular weight is 747 g/mol. The molecular formula is C52H50N4O. The van der Waals surface area contributed by atoms with Gasteiger partial charge in [-0.1, -0.05) is 114 Å². The van der Waals surface area contributed by atoms with Crippen LogP contribution < -0.4 is 19.4 Å². The van der Waals surface area contributed by atoms with Gasteiger partial charge in [-0.05, 0) is 113 Å². The Hall–Kier alpha value is -6.33. The number of aromatic nitrogens is 1. The topological polar surface area (TPSA) is 31.8 Å². The molecule has 7 aromatic rings. The molecule has 0 aliphatic carbocycles. The van der Waals surface area contributed by atoms with Crippen LogP contribution in [0, 0.1) is 13.8 Å². The molecule has 5 nitrogen and oxygen atoms in total. The van der Waals surface area contributed by atoms with Crippen molar-refractivity contribution in [2.75, 3.05) is 21.4 Å². The van der Waals surface area contributed by atoms with Crippen molar-refractivity contribution in [3.05, 3.63) is 168 Å². The predicted molar refractivity (Wildman–Crippen MR) is 239 cm³/mol. The number of hydrogen-bond donors (Lipinski definition) is 0. The van der Waals surface area contributed by atoms with Gasteiger partial charge in [-0.25, -0.2) is 4.98 Å². The number of nitrogens with zero attached hydrogens (tertiary/aromatic N) is 4. The molecule has 0 N–H and O–H groups in total. The second-order valence-corrected chi connectivity index (χ2v) is 17.5. The van der Waals surface area contributed by atoms with Crippen LogP contribution in [-0.2, 0) is 10.8 Å². The zero-order valence-electron chi connectivity index (χ0n) is 34.3. The first-order valence-electron chi connectivity index (χ1n) is 20.0. The van der Waals surface area contributed by atoms with Crippen molar-refractivity contribution >= 4 is 39.9 Å². The van der Waals surface area contributed by atoms with Gasteiger partial charge >= 0.3 is 0 Å². The summed E-state index contributed by atoms with van der Waals surface area (Å²) < 4.78 is 6.82. The number of benzene rings is 6. The Labute approximate surface area is 337 Å². The molecule has 9 rings (SSSR count). The summed E-state index contributed by atoms with van der Waals surface area (Å²) in [5, 5.41) is 0. The molecule has 0 bridgehead atoms. The van der Waals surface area contributed by atoms with Gasteiger partial charge in [-0.15, -0.1) is 0 Å². The molecule has 5 heteroatoms. The van der Waals surface area contributed by atoms with Crippen molar-refractivity contribution in [2.45, 2.75) is 66.2 Å². The average Bonchev–Trinajstić information content (AvgIpc) is 3.51. The Balaban J connectivity index is 1.10. The number of aryl methyl sites for hydroxylation is 2.